The Morgan fingerprint density at radius 1 is 1.21 bits per heavy atom. The predicted octanol–water partition coefficient (Wildman–Crippen LogP) is 4.18. The van der Waals surface area contributed by atoms with Gasteiger partial charge in [0.25, 0.3) is 5.56 Å². The van der Waals surface area contributed by atoms with Crippen LogP contribution in [0.5, 0.6) is 0 Å². The van der Waals surface area contributed by atoms with Gasteiger partial charge in [-0.1, -0.05) is 49.0 Å². The third kappa shape index (κ3) is 5.23. The van der Waals surface area contributed by atoms with E-state index >= 15 is 0 Å². The van der Waals surface area contributed by atoms with Crippen molar-refractivity contribution in [2.24, 2.45) is 0 Å². The van der Waals surface area contributed by atoms with Crippen LogP contribution in [-0.4, -0.2) is 33.1 Å². The van der Waals surface area contributed by atoms with Crippen molar-refractivity contribution in [3.63, 3.8) is 0 Å². The van der Waals surface area contributed by atoms with Gasteiger partial charge in [-0.05, 0) is 31.5 Å². The molecule has 5 nitrogen and oxygen atoms in total. The maximum atomic E-state index is 13.6. The molecule has 29 heavy (non-hydrogen) atoms. The summed E-state index contributed by atoms with van der Waals surface area (Å²) in [5, 5.41) is 11.4. The first kappa shape index (κ1) is 21.5. The lowest BCUT2D eigenvalue weighted by Gasteiger charge is -2.19. The molecule has 7 heteroatoms. The number of rotatable bonds is 9. The average Bonchev–Trinajstić information content (AvgIpc) is 2.73. The molecule has 3 aromatic rings. The third-order valence-corrected chi connectivity index (χ3v) is 5.84. The molecule has 0 bridgehead atoms. The highest BCUT2D eigenvalue weighted by Crippen LogP contribution is 2.23. The summed E-state index contributed by atoms with van der Waals surface area (Å²) in [4.78, 5) is 17.6. The van der Waals surface area contributed by atoms with Crippen molar-refractivity contribution < 1.29 is 14.2 Å². The van der Waals surface area contributed by atoms with Crippen molar-refractivity contribution in [3.8, 4) is 0 Å². The van der Waals surface area contributed by atoms with E-state index in [1.807, 2.05) is 32.0 Å². The topological polar surface area (TPSA) is 64.3 Å². The molecule has 0 amide bonds. The zero-order valence-corrected chi connectivity index (χ0v) is 17.4. The van der Waals surface area contributed by atoms with Gasteiger partial charge in [0.05, 0.1) is 30.2 Å². The lowest BCUT2D eigenvalue weighted by Crippen LogP contribution is -2.27. The van der Waals surface area contributed by atoms with E-state index in [4.69, 9.17) is 4.74 Å². The van der Waals surface area contributed by atoms with Gasteiger partial charge >= 0.3 is 0 Å². The molecule has 0 aliphatic rings. The first-order valence-electron chi connectivity index (χ1n) is 9.64. The minimum absolute atomic E-state index is 0.00319. The van der Waals surface area contributed by atoms with Gasteiger partial charge < -0.3 is 9.84 Å². The van der Waals surface area contributed by atoms with Crippen molar-refractivity contribution in [1.29, 1.82) is 0 Å². The van der Waals surface area contributed by atoms with E-state index in [1.165, 1.54) is 17.8 Å². The second-order valence-electron chi connectivity index (χ2n) is 6.92. The number of aliphatic hydroxyl groups excluding tert-OH is 1. The Labute approximate surface area is 173 Å². The van der Waals surface area contributed by atoms with Crippen molar-refractivity contribution in [1.82, 2.24) is 9.55 Å². The molecule has 0 fully saturated rings. The Morgan fingerprint density at radius 2 is 1.93 bits per heavy atom. The predicted molar refractivity (Wildman–Crippen MR) is 114 cm³/mol. The molecule has 0 spiro atoms. The van der Waals surface area contributed by atoms with Crippen LogP contribution in [0.2, 0.25) is 0 Å². The number of thioether (sulfide) groups is 1. The first-order chi connectivity index (χ1) is 14.0. The molecule has 2 aromatic carbocycles. The Balaban J connectivity index is 1.67. The summed E-state index contributed by atoms with van der Waals surface area (Å²) >= 11 is 1.33. The van der Waals surface area contributed by atoms with Crippen LogP contribution >= 0.6 is 11.8 Å². The minimum atomic E-state index is -0.763. The Bertz CT molecular complexity index is 1020. The Morgan fingerprint density at radius 3 is 2.69 bits per heavy atom. The van der Waals surface area contributed by atoms with Crippen LogP contribution in [0.15, 0.2) is 58.5 Å². The van der Waals surface area contributed by atoms with Crippen LogP contribution in [0.4, 0.5) is 4.39 Å². The lowest BCUT2D eigenvalue weighted by molar-refractivity contribution is 0.0386. The number of nitrogens with zero attached hydrogens (tertiary/aromatic N) is 2. The van der Waals surface area contributed by atoms with E-state index in [9.17, 15) is 14.3 Å². The maximum absolute atomic E-state index is 13.6. The molecule has 3 rings (SSSR count). The second kappa shape index (κ2) is 10.0. The Kier molecular flexibility index (Phi) is 7.41. The largest absolute Gasteiger partial charge is 0.390 e. The molecule has 0 unspecified atom stereocenters. The van der Waals surface area contributed by atoms with Gasteiger partial charge in [-0.2, -0.15) is 0 Å². The van der Waals surface area contributed by atoms with Crippen LogP contribution in [0, 0.1) is 5.82 Å². The number of benzene rings is 2. The second-order valence-corrected chi connectivity index (χ2v) is 7.90. The van der Waals surface area contributed by atoms with Crippen molar-refractivity contribution >= 4 is 22.7 Å². The highest BCUT2D eigenvalue weighted by Gasteiger charge is 2.17. The van der Waals surface area contributed by atoms with E-state index in [2.05, 4.69) is 4.98 Å². The summed E-state index contributed by atoms with van der Waals surface area (Å²) in [6.45, 7) is 4.17. The van der Waals surface area contributed by atoms with Crippen molar-refractivity contribution in [2.75, 3.05) is 12.4 Å². The zero-order chi connectivity index (χ0) is 20.8. The molecular weight excluding hydrogens is 391 g/mol. The molecule has 1 N–H and O–H groups in total. The summed E-state index contributed by atoms with van der Waals surface area (Å²) in [6.07, 6.45) is 0.0300. The number of hydrogen-bond donors (Lipinski definition) is 1. The van der Waals surface area contributed by atoms with Gasteiger partial charge in [-0.3, -0.25) is 9.36 Å². The number of halogens is 1. The monoisotopic (exact) mass is 416 g/mol. The standard InChI is InChI=1S/C22H25FN2O3S/c1-3-15(2)25-21(27)18-9-5-7-11-20(18)24-22(25)29-14-17(26)13-28-12-16-8-4-6-10-19(16)23/h4-11,15,17,26H,3,12-14H2,1-2H3/t15-,17+/m1/s1. The lowest BCUT2D eigenvalue weighted by atomic mass is 10.2. The van der Waals surface area contributed by atoms with E-state index < -0.39 is 6.10 Å². The van der Waals surface area contributed by atoms with E-state index in [0.29, 0.717) is 27.4 Å². The summed E-state index contributed by atoms with van der Waals surface area (Å²) < 4.78 is 20.8. The van der Waals surface area contributed by atoms with Crippen LogP contribution in [-0.2, 0) is 11.3 Å². The molecule has 0 saturated heterocycles. The molecule has 2 atom stereocenters. The molecular formula is C22H25FN2O3S. The van der Waals surface area contributed by atoms with Crippen molar-refractivity contribution in [3.05, 3.63) is 70.3 Å². The number of ether oxygens (including phenoxy) is 1. The fraction of sp³-hybridized carbons (Fsp3) is 0.364. The number of hydrogen-bond acceptors (Lipinski definition) is 5. The highest BCUT2D eigenvalue weighted by molar-refractivity contribution is 7.99. The fourth-order valence-electron chi connectivity index (χ4n) is 2.94. The average molecular weight is 417 g/mol. The minimum Gasteiger partial charge on any atom is -0.390 e. The third-order valence-electron chi connectivity index (χ3n) is 4.74. The van der Waals surface area contributed by atoms with Gasteiger partial charge in [-0.25, -0.2) is 9.37 Å². The summed E-state index contributed by atoms with van der Waals surface area (Å²) in [5.74, 6) is -0.00678. The fourth-order valence-corrected chi connectivity index (χ4v) is 3.94. The van der Waals surface area contributed by atoms with Gasteiger partial charge in [0, 0.05) is 17.4 Å². The molecule has 154 valence electrons. The van der Waals surface area contributed by atoms with Crippen LogP contribution in [0.3, 0.4) is 0 Å². The molecule has 1 aromatic heterocycles. The highest BCUT2D eigenvalue weighted by atomic mass is 32.2. The quantitative estimate of drug-likeness (QED) is 0.419. The SMILES string of the molecule is CC[C@@H](C)n1c(SC[C@@H](O)COCc2ccccc2F)nc2ccccc2c1=O. The van der Waals surface area contributed by atoms with E-state index in [0.717, 1.165) is 6.42 Å². The molecule has 0 aliphatic carbocycles. The van der Waals surface area contributed by atoms with Crippen LogP contribution in [0.1, 0.15) is 31.9 Å². The smallest absolute Gasteiger partial charge is 0.262 e. The van der Waals surface area contributed by atoms with Gasteiger partial charge in [0.2, 0.25) is 0 Å². The summed E-state index contributed by atoms with van der Waals surface area (Å²) in [5.41, 5.74) is 1.02. The molecule has 0 aliphatic heterocycles. The first-order valence-corrected chi connectivity index (χ1v) is 10.6. The van der Waals surface area contributed by atoms with Crippen LogP contribution < -0.4 is 5.56 Å². The number of aromatic nitrogens is 2. The van der Waals surface area contributed by atoms with Crippen molar-refractivity contribution in [2.45, 2.75) is 44.2 Å². The van der Waals surface area contributed by atoms with Crippen LogP contribution in [0.25, 0.3) is 10.9 Å². The number of aliphatic hydroxyl groups is 1. The van der Waals surface area contributed by atoms with Gasteiger partial charge in [-0.15, -0.1) is 0 Å². The molecule has 0 radical (unpaired) electrons. The zero-order valence-electron chi connectivity index (χ0n) is 16.5. The van der Waals surface area contributed by atoms with E-state index in [-0.39, 0.29) is 30.6 Å². The maximum Gasteiger partial charge on any atom is 0.262 e. The summed E-state index contributed by atoms with van der Waals surface area (Å²) in [7, 11) is 0. The Hall–Kier alpha value is -2.22. The summed E-state index contributed by atoms with van der Waals surface area (Å²) in [6, 6.07) is 13.7. The van der Waals surface area contributed by atoms with Gasteiger partial charge in [0.1, 0.15) is 5.82 Å². The van der Waals surface area contributed by atoms with E-state index in [1.54, 1.807) is 28.8 Å². The molecule has 1 heterocycles. The number of para-hydroxylation sites is 1. The number of fused-ring (bicyclic) bond motifs is 1. The normalized spacial score (nSPS) is 13.5. The van der Waals surface area contributed by atoms with Gasteiger partial charge in [0.15, 0.2) is 5.16 Å². The molecule has 0 saturated carbocycles.